The summed E-state index contributed by atoms with van der Waals surface area (Å²) >= 11 is 0. The molecule has 1 rings (SSSR count). The van der Waals surface area contributed by atoms with Gasteiger partial charge in [0, 0.05) is 6.42 Å². The van der Waals surface area contributed by atoms with Crippen molar-refractivity contribution in [1.82, 2.24) is 0 Å². The fraction of sp³-hybridized carbons (Fsp3) is 0.385. The highest BCUT2D eigenvalue weighted by Crippen LogP contribution is 2.15. The van der Waals surface area contributed by atoms with E-state index in [1.54, 1.807) is 24.3 Å². The summed E-state index contributed by atoms with van der Waals surface area (Å²) in [5, 5.41) is 11.6. The van der Waals surface area contributed by atoms with E-state index in [-0.39, 0.29) is 11.8 Å². The molecule has 1 aromatic carbocycles. The summed E-state index contributed by atoms with van der Waals surface area (Å²) in [5.74, 6) is 0.106. The van der Waals surface area contributed by atoms with Crippen LogP contribution in [0.25, 0.3) is 0 Å². The van der Waals surface area contributed by atoms with Gasteiger partial charge in [-0.05, 0) is 24.6 Å². The molecule has 0 saturated heterocycles. The molecule has 0 spiro atoms. The van der Waals surface area contributed by atoms with Crippen molar-refractivity contribution in [2.75, 3.05) is 11.9 Å². The number of amides is 1. The number of nitrogens with one attached hydrogen (secondary N) is 1. The first-order valence-electron chi connectivity index (χ1n) is 5.70. The van der Waals surface area contributed by atoms with Gasteiger partial charge in [0.1, 0.15) is 6.07 Å². The van der Waals surface area contributed by atoms with Crippen LogP contribution in [0.5, 0.6) is 0 Å². The van der Waals surface area contributed by atoms with Gasteiger partial charge in [-0.2, -0.15) is 5.26 Å². The van der Waals surface area contributed by atoms with Crippen LogP contribution < -0.4 is 11.1 Å². The van der Waals surface area contributed by atoms with Crippen molar-refractivity contribution in [1.29, 1.82) is 5.26 Å². The maximum atomic E-state index is 11.7. The summed E-state index contributed by atoms with van der Waals surface area (Å²) in [6.45, 7) is 2.51. The topological polar surface area (TPSA) is 78.9 Å². The summed E-state index contributed by atoms with van der Waals surface area (Å²) in [6, 6.07) is 9.00. The van der Waals surface area contributed by atoms with Gasteiger partial charge in [-0.25, -0.2) is 0 Å². The van der Waals surface area contributed by atoms with E-state index in [0.29, 0.717) is 24.2 Å². The predicted molar refractivity (Wildman–Crippen MR) is 67.2 cm³/mol. The van der Waals surface area contributed by atoms with Gasteiger partial charge < -0.3 is 11.1 Å². The number of nitrogens with zero attached hydrogens (tertiary/aromatic N) is 1. The van der Waals surface area contributed by atoms with E-state index in [1.165, 1.54) is 0 Å². The molecule has 90 valence electrons. The van der Waals surface area contributed by atoms with Crippen molar-refractivity contribution in [2.45, 2.75) is 19.8 Å². The Balaban J connectivity index is 2.65. The highest BCUT2D eigenvalue weighted by molar-refractivity contribution is 5.92. The van der Waals surface area contributed by atoms with Crippen molar-refractivity contribution < 1.29 is 4.79 Å². The van der Waals surface area contributed by atoms with Gasteiger partial charge in [0.2, 0.25) is 5.91 Å². The SMILES string of the molecule is CCC(CN)CC(=O)Nc1ccccc1C#N. The molecule has 17 heavy (non-hydrogen) atoms. The zero-order valence-electron chi connectivity index (χ0n) is 9.94. The van der Waals surface area contributed by atoms with Crippen LogP contribution in [-0.2, 0) is 4.79 Å². The molecule has 1 amide bonds. The highest BCUT2D eigenvalue weighted by Gasteiger charge is 2.11. The second-order valence-corrected chi connectivity index (χ2v) is 3.92. The van der Waals surface area contributed by atoms with E-state index in [1.807, 2.05) is 13.0 Å². The fourth-order valence-corrected chi connectivity index (χ4v) is 1.55. The molecule has 0 fully saturated rings. The number of carbonyl (C=O) groups is 1. The van der Waals surface area contributed by atoms with Crippen LogP contribution in [0.15, 0.2) is 24.3 Å². The van der Waals surface area contributed by atoms with E-state index in [2.05, 4.69) is 5.32 Å². The molecule has 0 aromatic heterocycles. The summed E-state index contributed by atoms with van der Waals surface area (Å²) < 4.78 is 0. The number of carbonyl (C=O) groups excluding carboxylic acids is 1. The van der Waals surface area contributed by atoms with E-state index in [9.17, 15) is 4.79 Å². The maximum Gasteiger partial charge on any atom is 0.224 e. The number of hydrogen-bond acceptors (Lipinski definition) is 3. The predicted octanol–water partition coefficient (Wildman–Crippen LogP) is 1.87. The Hall–Kier alpha value is -1.86. The molecule has 0 aliphatic carbocycles. The lowest BCUT2D eigenvalue weighted by atomic mass is 10.0. The number of nitrogens with two attached hydrogens (primary N) is 1. The summed E-state index contributed by atoms with van der Waals surface area (Å²) in [7, 11) is 0. The smallest absolute Gasteiger partial charge is 0.224 e. The first-order chi connectivity index (χ1) is 8.21. The Morgan fingerprint density at radius 1 is 1.53 bits per heavy atom. The third-order valence-electron chi connectivity index (χ3n) is 2.71. The minimum absolute atomic E-state index is 0.0926. The van der Waals surface area contributed by atoms with Crippen molar-refractivity contribution in [3.8, 4) is 6.07 Å². The lowest BCUT2D eigenvalue weighted by Gasteiger charge is -2.12. The summed E-state index contributed by atoms with van der Waals surface area (Å²) in [6.07, 6.45) is 1.27. The largest absolute Gasteiger partial charge is 0.330 e. The van der Waals surface area contributed by atoms with Crippen LogP contribution in [0.3, 0.4) is 0 Å². The zero-order valence-corrected chi connectivity index (χ0v) is 9.94. The van der Waals surface area contributed by atoms with Gasteiger partial charge in [0.15, 0.2) is 0 Å². The second kappa shape index (κ2) is 6.66. The van der Waals surface area contributed by atoms with E-state index < -0.39 is 0 Å². The maximum absolute atomic E-state index is 11.7. The number of nitriles is 1. The number of benzene rings is 1. The first-order valence-corrected chi connectivity index (χ1v) is 5.70. The van der Waals surface area contributed by atoms with Gasteiger partial charge >= 0.3 is 0 Å². The molecule has 0 saturated carbocycles. The molecule has 0 bridgehead atoms. The lowest BCUT2D eigenvalue weighted by molar-refractivity contribution is -0.117. The van der Waals surface area contributed by atoms with Gasteiger partial charge in [-0.1, -0.05) is 25.5 Å². The van der Waals surface area contributed by atoms with Crippen LogP contribution in [0.1, 0.15) is 25.3 Å². The minimum Gasteiger partial charge on any atom is -0.330 e. The molecular weight excluding hydrogens is 214 g/mol. The number of para-hydroxylation sites is 1. The third kappa shape index (κ3) is 3.89. The summed E-state index contributed by atoms with van der Waals surface area (Å²) in [4.78, 5) is 11.7. The van der Waals surface area contributed by atoms with Gasteiger partial charge in [-0.15, -0.1) is 0 Å². The Kier molecular flexibility index (Phi) is 5.18. The van der Waals surface area contributed by atoms with Crippen LogP contribution in [0.4, 0.5) is 5.69 Å². The van der Waals surface area contributed by atoms with E-state index >= 15 is 0 Å². The highest BCUT2D eigenvalue weighted by atomic mass is 16.1. The third-order valence-corrected chi connectivity index (χ3v) is 2.71. The molecule has 0 radical (unpaired) electrons. The van der Waals surface area contributed by atoms with Crippen molar-refractivity contribution in [3.63, 3.8) is 0 Å². The average molecular weight is 231 g/mol. The monoisotopic (exact) mass is 231 g/mol. The molecule has 4 heteroatoms. The minimum atomic E-state index is -0.0926. The molecule has 3 N–H and O–H groups in total. The van der Waals surface area contributed by atoms with Crippen LogP contribution in [0, 0.1) is 17.2 Å². The Labute approximate surface area is 101 Å². The van der Waals surface area contributed by atoms with Crippen LogP contribution >= 0.6 is 0 Å². The molecule has 0 aliphatic rings. The Morgan fingerprint density at radius 3 is 2.82 bits per heavy atom. The van der Waals surface area contributed by atoms with E-state index in [4.69, 9.17) is 11.0 Å². The zero-order chi connectivity index (χ0) is 12.7. The normalized spacial score (nSPS) is 11.6. The average Bonchev–Trinajstić information content (AvgIpc) is 2.36. The van der Waals surface area contributed by atoms with E-state index in [0.717, 1.165) is 6.42 Å². The van der Waals surface area contributed by atoms with Crippen molar-refractivity contribution in [2.24, 2.45) is 11.7 Å². The van der Waals surface area contributed by atoms with Crippen molar-refractivity contribution >= 4 is 11.6 Å². The molecule has 4 nitrogen and oxygen atoms in total. The molecule has 1 atom stereocenters. The first kappa shape index (κ1) is 13.2. The standard InChI is InChI=1S/C13H17N3O/c1-2-10(8-14)7-13(17)16-12-6-4-3-5-11(12)9-15/h3-6,10H,2,7-8,14H2,1H3,(H,16,17). The molecular formula is C13H17N3O. The molecule has 1 aromatic rings. The number of anilines is 1. The van der Waals surface area contributed by atoms with Gasteiger partial charge in [-0.3, -0.25) is 4.79 Å². The van der Waals surface area contributed by atoms with Gasteiger partial charge in [0.25, 0.3) is 0 Å². The molecule has 0 heterocycles. The number of hydrogen-bond donors (Lipinski definition) is 2. The van der Waals surface area contributed by atoms with Crippen LogP contribution in [-0.4, -0.2) is 12.5 Å². The second-order valence-electron chi connectivity index (χ2n) is 3.92. The molecule has 0 aliphatic heterocycles. The van der Waals surface area contributed by atoms with Crippen molar-refractivity contribution in [3.05, 3.63) is 29.8 Å². The van der Waals surface area contributed by atoms with Crippen LogP contribution in [0.2, 0.25) is 0 Å². The Morgan fingerprint density at radius 2 is 2.24 bits per heavy atom. The molecule has 1 unspecified atom stereocenters. The number of rotatable bonds is 5. The lowest BCUT2D eigenvalue weighted by Crippen LogP contribution is -2.22. The Bertz CT molecular complexity index is 419. The quantitative estimate of drug-likeness (QED) is 0.812. The fourth-order valence-electron chi connectivity index (χ4n) is 1.55. The summed E-state index contributed by atoms with van der Waals surface area (Å²) in [5.41, 5.74) is 6.58. The van der Waals surface area contributed by atoms with Gasteiger partial charge in [0.05, 0.1) is 11.3 Å².